The Balaban J connectivity index is 2.35. The van der Waals surface area contributed by atoms with Crippen LogP contribution in [0.25, 0.3) is 0 Å². The second-order valence-corrected chi connectivity index (χ2v) is 7.26. The number of nitrogens with one attached hydrogen (secondary N) is 1. The van der Waals surface area contributed by atoms with Gasteiger partial charge in [-0.3, -0.25) is 4.79 Å². The SMILES string of the molecule is CCc1cc(NCCC(=O)O)c(Cl)c(Cl)c1Oc1cc(C(C)C)c(Cl)nn1. The molecule has 0 fully saturated rings. The summed E-state index contributed by atoms with van der Waals surface area (Å²) in [5.74, 6) is -0.0924. The van der Waals surface area contributed by atoms with Gasteiger partial charge in [-0.05, 0) is 29.5 Å². The molecule has 2 rings (SSSR count). The zero-order valence-electron chi connectivity index (χ0n) is 15.1. The third-order valence-electron chi connectivity index (χ3n) is 3.86. The minimum Gasteiger partial charge on any atom is -0.481 e. The van der Waals surface area contributed by atoms with Gasteiger partial charge in [0, 0.05) is 12.6 Å². The molecule has 6 nitrogen and oxygen atoms in total. The fourth-order valence-corrected chi connectivity index (χ4v) is 3.18. The molecule has 0 saturated carbocycles. The lowest BCUT2D eigenvalue weighted by atomic mass is 10.1. The van der Waals surface area contributed by atoms with Crippen LogP contribution in [0.4, 0.5) is 5.69 Å². The van der Waals surface area contributed by atoms with Crippen molar-refractivity contribution in [2.75, 3.05) is 11.9 Å². The van der Waals surface area contributed by atoms with E-state index in [9.17, 15) is 4.79 Å². The summed E-state index contributed by atoms with van der Waals surface area (Å²) >= 11 is 18.8. The molecule has 2 aromatic rings. The number of nitrogens with zero attached hydrogens (tertiary/aromatic N) is 2. The molecule has 0 aliphatic heterocycles. The number of carbonyl (C=O) groups is 1. The molecule has 0 radical (unpaired) electrons. The fourth-order valence-electron chi connectivity index (χ4n) is 2.40. The molecular weight excluding hydrogens is 413 g/mol. The monoisotopic (exact) mass is 431 g/mol. The Bertz CT molecular complexity index is 844. The molecule has 0 spiro atoms. The van der Waals surface area contributed by atoms with Crippen LogP contribution in [0.1, 0.15) is 44.2 Å². The van der Waals surface area contributed by atoms with Gasteiger partial charge < -0.3 is 15.2 Å². The maximum atomic E-state index is 10.7. The number of ether oxygens (including phenoxy) is 1. The molecule has 0 amide bonds. The predicted octanol–water partition coefficient (Wildman–Crippen LogP) is 5.80. The average Bonchev–Trinajstić information content (AvgIpc) is 2.61. The molecule has 1 aromatic carbocycles. The number of benzene rings is 1. The van der Waals surface area contributed by atoms with Crippen LogP contribution in [0, 0.1) is 0 Å². The topological polar surface area (TPSA) is 84.3 Å². The van der Waals surface area contributed by atoms with Crippen molar-refractivity contribution in [3.63, 3.8) is 0 Å². The van der Waals surface area contributed by atoms with Crippen LogP contribution in [0.15, 0.2) is 12.1 Å². The first-order valence-corrected chi connectivity index (χ1v) is 9.55. The Morgan fingerprint density at radius 2 is 1.93 bits per heavy atom. The van der Waals surface area contributed by atoms with E-state index in [1.165, 1.54) is 0 Å². The van der Waals surface area contributed by atoms with E-state index in [1.807, 2.05) is 20.8 Å². The Hall–Kier alpha value is -1.76. The highest BCUT2D eigenvalue weighted by Gasteiger charge is 2.19. The number of carboxylic acids is 1. The number of aryl methyl sites for hydroxylation is 1. The smallest absolute Gasteiger partial charge is 0.305 e. The van der Waals surface area contributed by atoms with Crippen molar-refractivity contribution in [3.05, 3.63) is 38.5 Å². The van der Waals surface area contributed by atoms with E-state index in [4.69, 9.17) is 44.6 Å². The first-order valence-electron chi connectivity index (χ1n) is 8.42. The van der Waals surface area contributed by atoms with Crippen molar-refractivity contribution in [2.24, 2.45) is 0 Å². The molecule has 0 bridgehead atoms. The van der Waals surface area contributed by atoms with Gasteiger partial charge in [0.2, 0.25) is 5.88 Å². The number of aromatic nitrogens is 2. The largest absolute Gasteiger partial charge is 0.481 e. The molecule has 2 N–H and O–H groups in total. The second kappa shape index (κ2) is 9.44. The highest BCUT2D eigenvalue weighted by molar-refractivity contribution is 6.44. The molecule has 146 valence electrons. The van der Waals surface area contributed by atoms with Gasteiger partial charge >= 0.3 is 5.97 Å². The van der Waals surface area contributed by atoms with E-state index in [1.54, 1.807) is 12.1 Å². The van der Waals surface area contributed by atoms with Crippen molar-refractivity contribution >= 4 is 46.5 Å². The molecular formula is C18H20Cl3N3O3. The molecule has 9 heteroatoms. The van der Waals surface area contributed by atoms with Crippen LogP contribution in [0.5, 0.6) is 11.6 Å². The molecule has 1 aromatic heterocycles. The van der Waals surface area contributed by atoms with Crippen LogP contribution in [-0.2, 0) is 11.2 Å². The minimum atomic E-state index is -0.900. The summed E-state index contributed by atoms with van der Waals surface area (Å²) in [5.41, 5.74) is 2.16. The number of rotatable bonds is 8. The molecule has 0 atom stereocenters. The van der Waals surface area contributed by atoms with E-state index in [-0.39, 0.29) is 34.8 Å². The number of hydrogen-bond acceptors (Lipinski definition) is 5. The van der Waals surface area contributed by atoms with Gasteiger partial charge in [0.15, 0.2) is 10.9 Å². The summed E-state index contributed by atoms with van der Waals surface area (Å²) < 4.78 is 5.88. The molecule has 27 heavy (non-hydrogen) atoms. The zero-order valence-corrected chi connectivity index (χ0v) is 17.4. The van der Waals surface area contributed by atoms with Gasteiger partial charge in [-0.2, -0.15) is 0 Å². The lowest BCUT2D eigenvalue weighted by Gasteiger charge is -2.17. The number of carboxylic acid groups (broad SMARTS) is 1. The van der Waals surface area contributed by atoms with E-state index >= 15 is 0 Å². The van der Waals surface area contributed by atoms with Crippen molar-refractivity contribution in [1.29, 1.82) is 0 Å². The standard InChI is InChI=1S/C18H20Cl3N3O3/c1-4-10-7-12(22-6-5-14(25)26)15(19)16(20)17(10)27-13-8-11(9(2)3)18(21)24-23-13/h7-9,22H,4-6H2,1-3H3,(H,25,26). The van der Waals surface area contributed by atoms with Gasteiger partial charge in [0.1, 0.15) is 5.02 Å². The van der Waals surface area contributed by atoms with Crippen LogP contribution in [0.2, 0.25) is 15.2 Å². The normalized spacial score (nSPS) is 10.9. The summed E-state index contributed by atoms with van der Waals surface area (Å²) in [7, 11) is 0. The molecule has 1 heterocycles. The zero-order chi connectivity index (χ0) is 20.1. The number of anilines is 1. The maximum Gasteiger partial charge on any atom is 0.305 e. The molecule has 0 aliphatic rings. The molecule has 0 unspecified atom stereocenters. The lowest BCUT2D eigenvalue weighted by molar-refractivity contribution is -0.136. The second-order valence-electron chi connectivity index (χ2n) is 6.15. The third kappa shape index (κ3) is 5.37. The van der Waals surface area contributed by atoms with Crippen LogP contribution >= 0.6 is 34.8 Å². The minimum absolute atomic E-state index is 0.0357. The van der Waals surface area contributed by atoms with Crippen molar-refractivity contribution < 1.29 is 14.6 Å². The molecule has 0 saturated heterocycles. The average molecular weight is 433 g/mol. The summed E-state index contributed by atoms with van der Waals surface area (Å²) in [6.07, 6.45) is 0.587. The first kappa shape index (κ1) is 21.5. The van der Waals surface area contributed by atoms with Gasteiger partial charge in [-0.25, -0.2) is 0 Å². The van der Waals surface area contributed by atoms with E-state index in [0.717, 1.165) is 11.1 Å². The summed E-state index contributed by atoms with van der Waals surface area (Å²) in [5, 5.41) is 20.4. The Kier molecular flexibility index (Phi) is 7.53. The summed E-state index contributed by atoms with van der Waals surface area (Å²) in [4.78, 5) is 10.7. The van der Waals surface area contributed by atoms with E-state index < -0.39 is 5.97 Å². The third-order valence-corrected chi connectivity index (χ3v) is 5.00. The van der Waals surface area contributed by atoms with Gasteiger partial charge in [0.05, 0.1) is 17.1 Å². The van der Waals surface area contributed by atoms with Crippen molar-refractivity contribution in [1.82, 2.24) is 10.2 Å². The predicted molar refractivity (Wildman–Crippen MR) is 108 cm³/mol. The fraction of sp³-hybridized carbons (Fsp3) is 0.389. The quantitative estimate of drug-likeness (QED) is 0.548. The summed E-state index contributed by atoms with van der Waals surface area (Å²) in [6, 6.07) is 3.51. The van der Waals surface area contributed by atoms with Crippen molar-refractivity contribution in [3.8, 4) is 11.6 Å². The number of aliphatic carboxylic acids is 1. The molecule has 0 aliphatic carbocycles. The number of hydrogen-bond donors (Lipinski definition) is 2. The van der Waals surface area contributed by atoms with Crippen LogP contribution in [-0.4, -0.2) is 27.8 Å². The number of halogens is 3. The highest BCUT2D eigenvalue weighted by atomic mass is 35.5. The first-order chi connectivity index (χ1) is 12.7. The van der Waals surface area contributed by atoms with E-state index in [0.29, 0.717) is 23.0 Å². The van der Waals surface area contributed by atoms with E-state index in [2.05, 4.69) is 15.5 Å². The van der Waals surface area contributed by atoms with Gasteiger partial charge in [-0.15, -0.1) is 10.2 Å². The van der Waals surface area contributed by atoms with Crippen LogP contribution in [0.3, 0.4) is 0 Å². The maximum absolute atomic E-state index is 10.7. The van der Waals surface area contributed by atoms with Gasteiger partial charge in [-0.1, -0.05) is 55.6 Å². The highest BCUT2D eigenvalue weighted by Crippen LogP contribution is 2.42. The Labute approximate surface area is 172 Å². The Morgan fingerprint density at radius 1 is 1.22 bits per heavy atom. The lowest BCUT2D eigenvalue weighted by Crippen LogP contribution is -2.08. The Morgan fingerprint density at radius 3 is 2.52 bits per heavy atom. The summed E-state index contributed by atoms with van der Waals surface area (Å²) in [6.45, 7) is 6.16. The van der Waals surface area contributed by atoms with Crippen molar-refractivity contribution in [2.45, 2.75) is 39.5 Å². The van der Waals surface area contributed by atoms with Crippen LogP contribution < -0.4 is 10.1 Å². The van der Waals surface area contributed by atoms with Gasteiger partial charge in [0.25, 0.3) is 0 Å².